The lowest BCUT2D eigenvalue weighted by Crippen LogP contribution is -2.49. The van der Waals surface area contributed by atoms with Crippen LogP contribution in [0, 0.1) is 13.8 Å². The fourth-order valence-corrected chi connectivity index (χ4v) is 4.30. The van der Waals surface area contributed by atoms with Crippen LogP contribution in [0.4, 0.5) is 4.79 Å². The molecule has 1 unspecified atom stereocenters. The van der Waals surface area contributed by atoms with Gasteiger partial charge in [0.15, 0.2) is 0 Å². The molecular weight excluding hydrogens is 442 g/mol. The van der Waals surface area contributed by atoms with Crippen LogP contribution in [0.3, 0.4) is 0 Å². The number of hydrazine groups is 1. The Hall–Kier alpha value is -3.73. The smallest absolute Gasteiger partial charge is 0.318 e. The Labute approximate surface area is 194 Å². The molecule has 0 saturated carbocycles. The molecule has 1 aliphatic rings. The summed E-state index contributed by atoms with van der Waals surface area (Å²) in [5, 5.41) is 15.6. The molecule has 33 heavy (non-hydrogen) atoms. The number of aryl methyl sites for hydroxylation is 2. The maximum atomic E-state index is 13.1. The number of benzene rings is 2. The third-order valence-corrected chi connectivity index (χ3v) is 6.55. The molecule has 10 nitrogen and oxygen atoms in total. The average Bonchev–Trinajstić information content (AvgIpc) is 3.38. The number of hydrogen-bond acceptors (Lipinski definition) is 7. The van der Waals surface area contributed by atoms with Gasteiger partial charge in [0.1, 0.15) is 5.54 Å². The lowest BCUT2D eigenvalue weighted by atomic mass is 9.87. The Morgan fingerprint density at radius 2 is 1.88 bits per heavy atom. The largest absolute Gasteiger partial charge is 0.344 e. The van der Waals surface area contributed by atoms with Crippen LogP contribution >= 0.6 is 11.8 Å². The van der Waals surface area contributed by atoms with E-state index in [0.717, 1.165) is 33.6 Å². The van der Waals surface area contributed by atoms with Crippen molar-refractivity contribution >= 4 is 29.6 Å². The minimum atomic E-state index is -1.22. The van der Waals surface area contributed by atoms with E-state index in [1.807, 2.05) is 38.1 Å². The molecule has 4 amide bonds. The molecule has 4 rings (SSSR count). The highest BCUT2D eigenvalue weighted by Crippen LogP contribution is 2.31. The first-order valence-corrected chi connectivity index (χ1v) is 11.3. The molecule has 1 atom stereocenters. The molecule has 2 heterocycles. The second-order valence-corrected chi connectivity index (χ2v) is 8.60. The number of carbonyl (C=O) groups excluding carboxylic acids is 3. The van der Waals surface area contributed by atoms with Crippen molar-refractivity contribution in [1.82, 2.24) is 36.0 Å². The van der Waals surface area contributed by atoms with Gasteiger partial charge in [-0.2, -0.15) is 9.69 Å². The summed E-state index contributed by atoms with van der Waals surface area (Å²) in [6, 6.07) is 14.1. The number of amides is 4. The van der Waals surface area contributed by atoms with Gasteiger partial charge in [-0.3, -0.25) is 15.0 Å². The van der Waals surface area contributed by atoms with Crippen molar-refractivity contribution in [3.05, 3.63) is 65.2 Å². The molecule has 3 aromatic rings. The van der Waals surface area contributed by atoms with Crippen molar-refractivity contribution in [1.29, 1.82) is 0 Å². The summed E-state index contributed by atoms with van der Waals surface area (Å²) in [4.78, 5) is 38.2. The molecule has 0 aliphatic carbocycles. The van der Waals surface area contributed by atoms with Crippen LogP contribution in [0.2, 0.25) is 0 Å². The van der Waals surface area contributed by atoms with Crippen LogP contribution < -0.4 is 10.7 Å². The lowest BCUT2D eigenvalue weighted by molar-refractivity contribution is -0.138. The molecule has 2 aromatic carbocycles. The highest BCUT2D eigenvalue weighted by Gasteiger charge is 2.52. The number of imide groups is 1. The summed E-state index contributed by atoms with van der Waals surface area (Å²) in [5.41, 5.74) is 4.86. The van der Waals surface area contributed by atoms with Gasteiger partial charge in [0, 0.05) is 0 Å². The Bertz CT molecular complexity index is 1210. The van der Waals surface area contributed by atoms with E-state index in [4.69, 9.17) is 0 Å². The Morgan fingerprint density at radius 1 is 1.12 bits per heavy atom. The van der Waals surface area contributed by atoms with Gasteiger partial charge in [0.25, 0.3) is 5.91 Å². The van der Waals surface area contributed by atoms with Gasteiger partial charge in [0.2, 0.25) is 11.1 Å². The molecule has 11 heteroatoms. The number of hydrogen-bond donors (Lipinski definition) is 2. The quantitative estimate of drug-likeness (QED) is 0.405. The standard InChI is InChI=1S/C22H23N7O3S/c1-4-22(16-8-6-5-7-9-16)19(31)29(20(32)23-22)25-18(30)13-33-21-24-26-27-28(21)17-11-10-14(2)15(3)12-17/h5-12H,4,13H2,1-3H3,(H,23,32)(H,25,30). The number of thioether (sulfide) groups is 1. The van der Waals surface area contributed by atoms with E-state index in [-0.39, 0.29) is 5.75 Å². The second-order valence-electron chi connectivity index (χ2n) is 7.66. The topological polar surface area (TPSA) is 122 Å². The summed E-state index contributed by atoms with van der Waals surface area (Å²) in [6.45, 7) is 5.81. The van der Waals surface area contributed by atoms with Gasteiger partial charge in [-0.05, 0) is 59.5 Å². The zero-order chi connectivity index (χ0) is 23.6. The van der Waals surface area contributed by atoms with Crippen LogP contribution in [-0.2, 0) is 15.1 Å². The fraction of sp³-hybridized carbons (Fsp3) is 0.273. The first kappa shape index (κ1) is 22.5. The molecule has 1 aliphatic heterocycles. The third kappa shape index (κ3) is 4.19. The van der Waals surface area contributed by atoms with E-state index < -0.39 is 23.4 Å². The molecule has 0 bridgehead atoms. The molecular formula is C22H23N7O3S. The van der Waals surface area contributed by atoms with Crippen LogP contribution in [-0.4, -0.2) is 48.8 Å². The maximum Gasteiger partial charge on any atom is 0.344 e. The maximum absolute atomic E-state index is 13.1. The van der Waals surface area contributed by atoms with E-state index in [9.17, 15) is 14.4 Å². The first-order chi connectivity index (χ1) is 15.9. The summed E-state index contributed by atoms with van der Waals surface area (Å²) in [7, 11) is 0. The van der Waals surface area contributed by atoms with E-state index in [1.165, 1.54) is 4.68 Å². The zero-order valence-corrected chi connectivity index (χ0v) is 19.2. The predicted molar refractivity (Wildman–Crippen MR) is 121 cm³/mol. The van der Waals surface area contributed by atoms with Gasteiger partial charge < -0.3 is 5.32 Å². The van der Waals surface area contributed by atoms with Gasteiger partial charge >= 0.3 is 6.03 Å². The monoisotopic (exact) mass is 465 g/mol. The van der Waals surface area contributed by atoms with E-state index >= 15 is 0 Å². The van der Waals surface area contributed by atoms with E-state index in [0.29, 0.717) is 17.1 Å². The Morgan fingerprint density at radius 3 is 2.58 bits per heavy atom. The van der Waals surface area contributed by atoms with Crippen LogP contribution in [0.15, 0.2) is 53.7 Å². The number of nitrogens with zero attached hydrogens (tertiary/aromatic N) is 5. The fourth-order valence-electron chi connectivity index (χ4n) is 3.61. The SMILES string of the molecule is CCC1(c2ccccc2)NC(=O)N(NC(=O)CSc2nnnn2-c2ccc(C)c(C)c2)C1=O. The highest BCUT2D eigenvalue weighted by molar-refractivity contribution is 7.99. The van der Waals surface area contributed by atoms with Crippen molar-refractivity contribution in [3.63, 3.8) is 0 Å². The Balaban J connectivity index is 1.44. The molecule has 1 saturated heterocycles. The van der Waals surface area contributed by atoms with E-state index in [1.54, 1.807) is 31.2 Å². The van der Waals surface area contributed by atoms with Crippen molar-refractivity contribution in [2.45, 2.75) is 37.9 Å². The zero-order valence-electron chi connectivity index (χ0n) is 18.4. The summed E-state index contributed by atoms with van der Waals surface area (Å²) in [6.07, 6.45) is 0.341. The summed E-state index contributed by atoms with van der Waals surface area (Å²) >= 11 is 1.10. The van der Waals surface area contributed by atoms with Crippen molar-refractivity contribution in [3.8, 4) is 5.69 Å². The van der Waals surface area contributed by atoms with Crippen molar-refractivity contribution in [2.24, 2.45) is 0 Å². The van der Waals surface area contributed by atoms with Crippen molar-refractivity contribution in [2.75, 3.05) is 5.75 Å². The lowest BCUT2D eigenvalue weighted by Gasteiger charge is -2.25. The molecule has 170 valence electrons. The number of nitrogens with one attached hydrogen (secondary N) is 2. The van der Waals surface area contributed by atoms with Crippen LogP contribution in [0.25, 0.3) is 5.69 Å². The second kappa shape index (κ2) is 9.02. The third-order valence-electron chi connectivity index (χ3n) is 5.63. The number of tetrazole rings is 1. The molecule has 1 fully saturated rings. The summed E-state index contributed by atoms with van der Waals surface area (Å²) in [5.74, 6) is -1.15. The number of aromatic nitrogens is 4. The molecule has 0 spiro atoms. The molecule has 1 aromatic heterocycles. The normalized spacial score (nSPS) is 17.8. The molecule has 0 radical (unpaired) electrons. The van der Waals surface area contributed by atoms with Crippen molar-refractivity contribution < 1.29 is 14.4 Å². The molecule has 2 N–H and O–H groups in total. The summed E-state index contributed by atoms with van der Waals surface area (Å²) < 4.78 is 1.54. The highest BCUT2D eigenvalue weighted by atomic mass is 32.2. The minimum absolute atomic E-state index is 0.0905. The number of rotatable bonds is 7. The van der Waals surface area contributed by atoms with Gasteiger partial charge in [-0.1, -0.05) is 55.1 Å². The predicted octanol–water partition coefficient (Wildman–Crippen LogP) is 2.26. The van der Waals surface area contributed by atoms with E-state index in [2.05, 4.69) is 26.3 Å². The van der Waals surface area contributed by atoms with Gasteiger partial charge in [-0.15, -0.1) is 5.10 Å². The van der Waals surface area contributed by atoms with Gasteiger partial charge in [0.05, 0.1) is 11.4 Å². The average molecular weight is 466 g/mol. The number of carbonyl (C=O) groups is 3. The Kier molecular flexibility index (Phi) is 6.14. The minimum Gasteiger partial charge on any atom is -0.318 e. The van der Waals surface area contributed by atoms with Crippen LogP contribution in [0.1, 0.15) is 30.0 Å². The van der Waals surface area contributed by atoms with Gasteiger partial charge in [-0.25, -0.2) is 4.79 Å². The number of urea groups is 1. The van der Waals surface area contributed by atoms with Crippen LogP contribution in [0.5, 0.6) is 0 Å². The first-order valence-electron chi connectivity index (χ1n) is 10.4.